The first-order valence-electron chi connectivity index (χ1n) is 3.21. The molecule has 1 nitrogen and oxygen atoms in total. The molecule has 0 bridgehead atoms. The summed E-state index contributed by atoms with van der Waals surface area (Å²) in [6.45, 7) is 2.14. The molecule has 1 N–H and O–H groups in total. The Morgan fingerprint density at radius 2 is 2.33 bits per heavy atom. The van der Waals surface area contributed by atoms with Gasteiger partial charge in [0.05, 0.1) is 0 Å². The molecule has 0 aliphatic carbocycles. The first-order valence-corrected chi connectivity index (χ1v) is 3.21. The molecule has 0 aromatic carbocycles. The topological polar surface area (TPSA) is 20.2 Å². The molecule has 0 aliphatic heterocycles. The molecule has 0 spiro atoms. The molecule has 0 saturated carbocycles. The van der Waals surface area contributed by atoms with Gasteiger partial charge < -0.3 is 5.11 Å². The van der Waals surface area contributed by atoms with Crippen LogP contribution in [0.4, 0.5) is 0 Å². The summed E-state index contributed by atoms with van der Waals surface area (Å²) >= 11 is 0. The summed E-state index contributed by atoms with van der Waals surface area (Å²) in [6.07, 6.45) is 8.91. The largest absolute Gasteiger partial charge is 0.462 e. The Labute approximate surface area is 56.4 Å². The second kappa shape index (κ2) is 7.10. The molecule has 0 unspecified atom stereocenters. The van der Waals surface area contributed by atoms with Crippen molar-refractivity contribution in [2.24, 2.45) is 0 Å². The third-order valence-corrected chi connectivity index (χ3v) is 0.990. The van der Waals surface area contributed by atoms with E-state index in [4.69, 9.17) is 5.11 Å². The fourth-order valence-electron chi connectivity index (χ4n) is 0.502. The molecule has 0 fully saturated rings. The van der Waals surface area contributed by atoms with E-state index in [1.54, 1.807) is 6.08 Å². The minimum Gasteiger partial charge on any atom is -0.462 e. The highest BCUT2D eigenvalue weighted by molar-refractivity contribution is 5.10. The lowest BCUT2D eigenvalue weighted by Gasteiger charge is -1.83. The van der Waals surface area contributed by atoms with Crippen molar-refractivity contribution in [1.82, 2.24) is 0 Å². The number of hydrogen-bond acceptors (Lipinski definition) is 1. The Kier molecular flexibility index (Phi) is 6.39. The maximum absolute atomic E-state index is 8.01. The van der Waals surface area contributed by atoms with Crippen molar-refractivity contribution in [1.29, 1.82) is 0 Å². The highest BCUT2D eigenvalue weighted by atomic mass is 16.2. The van der Waals surface area contributed by atoms with E-state index in [0.717, 1.165) is 6.42 Å². The van der Waals surface area contributed by atoms with Crippen LogP contribution in [0.25, 0.3) is 0 Å². The minimum atomic E-state index is 1.06. The molecule has 0 heterocycles. The fourth-order valence-corrected chi connectivity index (χ4v) is 0.502. The summed E-state index contributed by atoms with van der Waals surface area (Å²) in [4.78, 5) is 0. The van der Waals surface area contributed by atoms with Crippen LogP contribution in [0.5, 0.6) is 0 Å². The quantitative estimate of drug-likeness (QED) is 0.451. The number of allylic oxidation sites excluding steroid dienone is 2. The van der Waals surface area contributed by atoms with Crippen LogP contribution in [0.1, 0.15) is 26.2 Å². The van der Waals surface area contributed by atoms with E-state index < -0.39 is 0 Å². The van der Waals surface area contributed by atoms with Gasteiger partial charge in [0.15, 0.2) is 0 Å². The second-order valence-electron chi connectivity index (χ2n) is 1.80. The van der Waals surface area contributed by atoms with Crippen LogP contribution in [0, 0.1) is 12.0 Å². The van der Waals surface area contributed by atoms with E-state index in [-0.39, 0.29) is 0 Å². The molecule has 0 rings (SSSR count). The highest BCUT2D eigenvalue weighted by Gasteiger charge is 1.74. The molecule has 9 heavy (non-hydrogen) atoms. The second-order valence-corrected chi connectivity index (χ2v) is 1.80. The number of aliphatic hydroxyl groups is 1. The van der Waals surface area contributed by atoms with Gasteiger partial charge in [-0.25, -0.2) is 0 Å². The summed E-state index contributed by atoms with van der Waals surface area (Å²) in [6, 6.07) is 0. The summed E-state index contributed by atoms with van der Waals surface area (Å²) < 4.78 is 0. The van der Waals surface area contributed by atoms with Crippen LogP contribution >= 0.6 is 0 Å². The van der Waals surface area contributed by atoms with Gasteiger partial charge in [0, 0.05) is 0 Å². The third-order valence-electron chi connectivity index (χ3n) is 0.990. The van der Waals surface area contributed by atoms with Gasteiger partial charge in [0.2, 0.25) is 0 Å². The summed E-state index contributed by atoms with van der Waals surface area (Å²) in [5.41, 5.74) is 0. The predicted molar refractivity (Wildman–Crippen MR) is 38.4 cm³/mol. The van der Waals surface area contributed by atoms with Crippen molar-refractivity contribution in [2.75, 3.05) is 0 Å². The molecule has 0 amide bonds. The predicted octanol–water partition coefficient (Wildman–Crippen LogP) is 2.07. The first kappa shape index (κ1) is 8.10. The average Bonchev–Trinajstić information content (AvgIpc) is 1.89. The van der Waals surface area contributed by atoms with Crippen LogP contribution in [0.3, 0.4) is 0 Å². The maximum atomic E-state index is 8.01. The lowest BCUT2D eigenvalue weighted by molar-refractivity contribution is 0.517. The molecule has 0 aliphatic rings. The molecule has 0 atom stereocenters. The van der Waals surface area contributed by atoms with Gasteiger partial charge in [-0.3, -0.25) is 0 Å². The summed E-state index contributed by atoms with van der Waals surface area (Å²) in [5.74, 6) is 2.43. The van der Waals surface area contributed by atoms with Crippen LogP contribution in [-0.4, -0.2) is 5.11 Å². The van der Waals surface area contributed by atoms with E-state index in [2.05, 4.69) is 12.8 Å². The van der Waals surface area contributed by atoms with Crippen LogP contribution in [0.2, 0.25) is 0 Å². The molecule has 50 valence electrons. The van der Waals surface area contributed by atoms with E-state index >= 15 is 0 Å². The van der Waals surface area contributed by atoms with Crippen molar-refractivity contribution in [3.8, 4) is 12.0 Å². The van der Waals surface area contributed by atoms with Crippen molar-refractivity contribution in [3.63, 3.8) is 0 Å². The minimum absolute atomic E-state index is 1.06. The van der Waals surface area contributed by atoms with E-state index in [1.165, 1.54) is 12.8 Å². The van der Waals surface area contributed by atoms with E-state index in [9.17, 15) is 0 Å². The molecule has 0 aromatic rings. The molecule has 0 aromatic heterocycles. The van der Waals surface area contributed by atoms with Gasteiger partial charge >= 0.3 is 0 Å². The van der Waals surface area contributed by atoms with Gasteiger partial charge in [0.1, 0.15) is 6.11 Å². The van der Waals surface area contributed by atoms with Gasteiger partial charge in [-0.1, -0.05) is 25.8 Å². The summed E-state index contributed by atoms with van der Waals surface area (Å²) in [5, 5.41) is 8.01. The first-order chi connectivity index (χ1) is 4.41. The smallest absolute Gasteiger partial charge is 0.112 e. The SMILES string of the molecule is CCCC/C=C/C#CO. The standard InChI is InChI=1S/C8H12O/c1-2-3-4-5-6-7-8-9/h5-6,9H,2-4H2,1H3/b6-5+. The number of hydrogen-bond donors (Lipinski definition) is 1. The number of aliphatic hydroxyl groups excluding tert-OH is 1. The zero-order valence-corrected chi connectivity index (χ0v) is 5.72. The molecule has 0 saturated heterocycles. The lowest BCUT2D eigenvalue weighted by Crippen LogP contribution is -1.64. The normalized spacial score (nSPS) is 9.00. The van der Waals surface area contributed by atoms with Gasteiger partial charge in [-0.2, -0.15) is 0 Å². The lowest BCUT2D eigenvalue weighted by atomic mass is 10.2. The molecular weight excluding hydrogens is 112 g/mol. The Balaban J connectivity index is 3.11. The third kappa shape index (κ3) is 7.10. The van der Waals surface area contributed by atoms with Gasteiger partial charge in [-0.05, 0) is 18.4 Å². The van der Waals surface area contributed by atoms with Crippen LogP contribution in [-0.2, 0) is 0 Å². The average molecular weight is 124 g/mol. The Hall–Kier alpha value is -0.900. The van der Waals surface area contributed by atoms with E-state index in [0.29, 0.717) is 0 Å². The van der Waals surface area contributed by atoms with E-state index in [1.807, 2.05) is 12.2 Å². The molecule has 1 heteroatoms. The van der Waals surface area contributed by atoms with Crippen LogP contribution in [0.15, 0.2) is 12.2 Å². The number of rotatable bonds is 3. The fraction of sp³-hybridized carbons (Fsp3) is 0.500. The van der Waals surface area contributed by atoms with Crippen molar-refractivity contribution in [2.45, 2.75) is 26.2 Å². The Morgan fingerprint density at radius 3 is 2.89 bits per heavy atom. The Morgan fingerprint density at radius 1 is 1.56 bits per heavy atom. The highest BCUT2D eigenvalue weighted by Crippen LogP contribution is 1.93. The Bertz CT molecular complexity index is 125. The number of unbranched alkanes of at least 4 members (excludes halogenated alkanes) is 2. The maximum Gasteiger partial charge on any atom is 0.112 e. The zero-order valence-electron chi connectivity index (χ0n) is 5.72. The molecule has 0 radical (unpaired) electrons. The van der Waals surface area contributed by atoms with Crippen molar-refractivity contribution < 1.29 is 5.11 Å². The monoisotopic (exact) mass is 124 g/mol. The van der Waals surface area contributed by atoms with Crippen LogP contribution < -0.4 is 0 Å². The summed E-state index contributed by atoms with van der Waals surface area (Å²) in [7, 11) is 0. The molecular formula is C8H12O. The van der Waals surface area contributed by atoms with Gasteiger partial charge in [-0.15, -0.1) is 0 Å². The van der Waals surface area contributed by atoms with Crippen molar-refractivity contribution in [3.05, 3.63) is 12.2 Å². The zero-order chi connectivity index (χ0) is 6.95. The van der Waals surface area contributed by atoms with Crippen molar-refractivity contribution >= 4 is 0 Å². The van der Waals surface area contributed by atoms with Gasteiger partial charge in [0.25, 0.3) is 0 Å².